The molecule has 0 unspecified atom stereocenters. The van der Waals surface area contributed by atoms with Gasteiger partial charge in [-0.2, -0.15) is 0 Å². The summed E-state index contributed by atoms with van der Waals surface area (Å²) in [6.45, 7) is 4.45. The first kappa shape index (κ1) is 16.5. The molecule has 0 aliphatic carbocycles. The van der Waals surface area contributed by atoms with Gasteiger partial charge in [0, 0.05) is 13.2 Å². The number of aliphatic hydroxyl groups excluding tert-OH is 1. The van der Waals surface area contributed by atoms with Crippen LogP contribution in [0.15, 0.2) is 48.5 Å². The number of para-hydroxylation sites is 2. The lowest BCUT2D eigenvalue weighted by molar-refractivity contribution is 0.138. The number of hydrogen-bond acceptors (Lipinski definition) is 4. The Labute approximate surface area is 141 Å². The Morgan fingerprint density at radius 2 is 2.00 bits per heavy atom. The molecule has 126 valence electrons. The smallest absolute Gasteiger partial charge is 0.148 e. The van der Waals surface area contributed by atoms with Gasteiger partial charge in [0.25, 0.3) is 0 Å². The molecule has 0 amide bonds. The molecule has 0 bridgehead atoms. The third-order valence-corrected chi connectivity index (χ3v) is 3.85. The minimum atomic E-state index is 0.00404. The number of hydrogen-bond donors (Lipinski definition) is 1. The third-order valence-electron chi connectivity index (χ3n) is 3.85. The number of ether oxygens (including phenoxy) is 2. The van der Waals surface area contributed by atoms with Gasteiger partial charge in [-0.05, 0) is 36.8 Å². The molecule has 0 aliphatic rings. The third kappa shape index (κ3) is 3.75. The summed E-state index contributed by atoms with van der Waals surface area (Å²) in [6, 6.07) is 15.5. The molecule has 0 atom stereocenters. The summed E-state index contributed by atoms with van der Waals surface area (Å²) >= 11 is 0. The van der Waals surface area contributed by atoms with E-state index in [0.29, 0.717) is 19.8 Å². The Balaban J connectivity index is 1.80. The standard InChI is InChI=1S/C19H22N2O3/c1-2-23-11-10-21-18-9-4-3-8-17(18)20-19(21)14-24-16-7-5-6-15(12-16)13-22/h3-9,12,22H,2,10-11,13-14H2,1H3. The summed E-state index contributed by atoms with van der Waals surface area (Å²) in [4.78, 5) is 4.68. The molecular formula is C19H22N2O3. The van der Waals surface area contributed by atoms with E-state index in [1.165, 1.54) is 0 Å². The average molecular weight is 326 g/mol. The maximum atomic E-state index is 9.22. The van der Waals surface area contributed by atoms with Gasteiger partial charge in [0.05, 0.1) is 24.2 Å². The Morgan fingerprint density at radius 3 is 2.83 bits per heavy atom. The van der Waals surface area contributed by atoms with Gasteiger partial charge in [0.15, 0.2) is 0 Å². The van der Waals surface area contributed by atoms with Crippen molar-refractivity contribution in [3.63, 3.8) is 0 Å². The second-order valence-electron chi connectivity index (χ2n) is 5.46. The summed E-state index contributed by atoms with van der Waals surface area (Å²) in [5.74, 6) is 1.59. The number of fused-ring (bicyclic) bond motifs is 1. The van der Waals surface area contributed by atoms with Crippen molar-refractivity contribution in [3.8, 4) is 5.75 Å². The van der Waals surface area contributed by atoms with Gasteiger partial charge < -0.3 is 19.1 Å². The first-order valence-corrected chi connectivity index (χ1v) is 8.16. The molecule has 1 aromatic heterocycles. The quantitative estimate of drug-likeness (QED) is 0.646. The first-order chi connectivity index (χ1) is 11.8. The molecule has 0 saturated heterocycles. The molecule has 24 heavy (non-hydrogen) atoms. The van der Waals surface area contributed by atoms with Crippen molar-refractivity contribution in [2.45, 2.75) is 26.7 Å². The maximum absolute atomic E-state index is 9.22. The van der Waals surface area contributed by atoms with Crippen LogP contribution in [0.25, 0.3) is 11.0 Å². The van der Waals surface area contributed by atoms with Crippen LogP contribution in [0.5, 0.6) is 5.75 Å². The summed E-state index contributed by atoms with van der Waals surface area (Å²) in [5, 5.41) is 9.22. The summed E-state index contributed by atoms with van der Waals surface area (Å²) in [5.41, 5.74) is 2.87. The fraction of sp³-hybridized carbons (Fsp3) is 0.316. The Hall–Kier alpha value is -2.37. The zero-order chi connectivity index (χ0) is 16.8. The highest BCUT2D eigenvalue weighted by molar-refractivity contribution is 5.75. The van der Waals surface area contributed by atoms with Crippen LogP contribution in [-0.2, 0) is 24.5 Å². The zero-order valence-electron chi connectivity index (χ0n) is 13.8. The normalized spacial score (nSPS) is 11.1. The molecule has 1 heterocycles. The average Bonchev–Trinajstić information content (AvgIpc) is 2.98. The second-order valence-corrected chi connectivity index (χ2v) is 5.46. The Kier molecular flexibility index (Phi) is 5.46. The highest BCUT2D eigenvalue weighted by Crippen LogP contribution is 2.19. The molecule has 0 aliphatic heterocycles. The van der Waals surface area contributed by atoms with Crippen LogP contribution in [-0.4, -0.2) is 27.9 Å². The molecule has 1 N–H and O–H groups in total. The summed E-state index contributed by atoms with van der Waals surface area (Å²) < 4.78 is 13.5. The van der Waals surface area contributed by atoms with Crippen LogP contribution < -0.4 is 4.74 Å². The van der Waals surface area contributed by atoms with Crippen LogP contribution >= 0.6 is 0 Å². The fourth-order valence-electron chi connectivity index (χ4n) is 2.67. The van der Waals surface area contributed by atoms with E-state index in [1.807, 2.05) is 49.4 Å². The van der Waals surface area contributed by atoms with Crippen molar-refractivity contribution in [1.29, 1.82) is 0 Å². The molecule has 3 rings (SSSR count). The monoisotopic (exact) mass is 326 g/mol. The molecule has 0 radical (unpaired) electrons. The largest absolute Gasteiger partial charge is 0.486 e. The van der Waals surface area contributed by atoms with Gasteiger partial charge in [-0.15, -0.1) is 0 Å². The van der Waals surface area contributed by atoms with Gasteiger partial charge in [-0.25, -0.2) is 4.98 Å². The van der Waals surface area contributed by atoms with Gasteiger partial charge in [-0.3, -0.25) is 0 Å². The predicted molar refractivity (Wildman–Crippen MR) is 92.9 cm³/mol. The van der Waals surface area contributed by atoms with Gasteiger partial charge >= 0.3 is 0 Å². The number of rotatable bonds is 8. The molecule has 0 saturated carbocycles. The van der Waals surface area contributed by atoms with Crippen LogP contribution in [0.4, 0.5) is 0 Å². The van der Waals surface area contributed by atoms with E-state index in [-0.39, 0.29) is 6.61 Å². The van der Waals surface area contributed by atoms with Gasteiger partial charge in [-0.1, -0.05) is 24.3 Å². The van der Waals surface area contributed by atoms with Crippen molar-refractivity contribution in [1.82, 2.24) is 9.55 Å². The molecule has 5 nitrogen and oxygen atoms in total. The van der Waals surface area contributed by atoms with E-state index in [2.05, 4.69) is 15.6 Å². The Bertz CT molecular complexity index is 798. The van der Waals surface area contributed by atoms with Crippen molar-refractivity contribution in [2.24, 2.45) is 0 Å². The highest BCUT2D eigenvalue weighted by atomic mass is 16.5. The van der Waals surface area contributed by atoms with Crippen LogP contribution in [0, 0.1) is 0 Å². The van der Waals surface area contributed by atoms with E-state index in [4.69, 9.17) is 9.47 Å². The van der Waals surface area contributed by atoms with Crippen LogP contribution in [0.2, 0.25) is 0 Å². The van der Waals surface area contributed by atoms with Gasteiger partial charge in [0.1, 0.15) is 18.2 Å². The molecular weight excluding hydrogens is 304 g/mol. The van der Waals surface area contributed by atoms with E-state index < -0.39 is 0 Å². The molecule has 2 aromatic carbocycles. The van der Waals surface area contributed by atoms with Crippen molar-refractivity contribution in [2.75, 3.05) is 13.2 Å². The molecule has 0 spiro atoms. The predicted octanol–water partition coefficient (Wildman–Crippen LogP) is 3.14. The lowest BCUT2D eigenvalue weighted by atomic mass is 10.2. The topological polar surface area (TPSA) is 56.5 Å². The Morgan fingerprint density at radius 1 is 1.12 bits per heavy atom. The lowest BCUT2D eigenvalue weighted by Crippen LogP contribution is -2.11. The summed E-state index contributed by atoms with van der Waals surface area (Å²) in [7, 11) is 0. The van der Waals surface area contributed by atoms with E-state index in [1.54, 1.807) is 0 Å². The number of aliphatic hydroxyl groups is 1. The molecule has 5 heteroatoms. The van der Waals surface area contributed by atoms with Crippen molar-refractivity contribution >= 4 is 11.0 Å². The van der Waals surface area contributed by atoms with E-state index in [0.717, 1.165) is 34.7 Å². The summed E-state index contributed by atoms with van der Waals surface area (Å²) in [6.07, 6.45) is 0. The fourth-order valence-corrected chi connectivity index (χ4v) is 2.67. The maximum Gasteiger partial charge on any atom is 0.148 e. The zero-order valence-corrected chi connectivity index (χ0v) is 13.8. The minimum Gasteiger partial charge on any atom is -0.486 e. The first-order valence-electron chi connectivity index (χ1n) is 8.16. The van der Waals surface area contributed by atoms with Crippen molar-refractivity contribution in [3.05, 3.63) is 59.9 Å². The van der Waals surface area contributed by atoms with Crippen LogP contribution in [0.3, 0.4) is 0 Å². The molecule has 0 fully saturated rings. The van der Waals surface area contributed by atoms with Gasteiger partial charge in [0.2, 0.25) is 0 Å². The minimum absolute atomic E-state index is 0.00404. The number of nitrogens with zero attached hydrogens (tertiary/aromatic N) is 2. The second kappa shape index (κ2) is 7.95. The number of benzene rings is 2. The highest BCUT2D eigenvalue weighted by Gasteiger charge is 2.11. The van der Waals surface area contributed by atoms with E-state index >= 15 is 0 Å². The SMILES string of the molecule is CCOCCn1c(COc2cccc(CO)c2)nc2ccccc21. The van der Waals surface area contributed by atoms with E-state index in [9.17, 15) is 5.11 Å². The number of aromatic nitrogens is 2. The van der Waals surface area contributed by atoms with Crippen molar-refractivity contribution < 1.29 is 14.6 Å². The van der Waals surface area contributed by atoms with Crippen LogP contribution in [0.1, 0.15) is 18.3 Å². The number of imidazole rings is 1. The molecule has 3 aromatic rings. The lowest BCUT2D eigenvalue weighted by Gasteiger charge is -2.11.